The van der Waals surface area contributed by atoms with Crippen LogP contribution in [0.3, 0.4) is 0 Å². The average molecular weight is 344 g/mol. The van der Waals surface area contributed by atoms with Gasteiger partial charge < -0.3 is 10.0 Å². The fraction of sp³-hybridized carbons (Fsp3) is 0.444. The molecule has 1 N–H and O–H groups in total. The van der Waals surface area contributed by atoms with E-state index in [9.17, 15) is 24.3 Å². The predicted molar refractivity (Wildman–Crippen MR) is 88.1 cm³/mol. The molecule has 1 heterocycles. The zero-order valence-electron chi connectivity index (χ0n) is 14.4. The van der Waals surface area contributed by atoms with Crippen molar-refractivity contribution < 1.29 is 24.3 Å². The van der Waals surface area contributed by atoms with Crippen LogP contribution in [0.5, 0.6) is 0 Å². The summed E-state index contributed by atoms with van der Waals surface area (Å²) in [5, 5.41) is 9.26. The van der Waals surface area contributed by atoms with Crippen molar-refractivity contribution in [2.24, 2.45) is 0 Å². The Hall–Kier alpha value is -2.70. The number of aryl methyl sites for hydroxylation is 1. The highest BCUT2D eigenvalue weighted by atomic mass is 16.4. The standard InChI is InChI=1S/C18H20N2O5/c1-9-4-7-13-14(8-9)17(23)20(16(13)22)10(2)15(21)19(12-5-6-12)11(3)18(24)25/h4,7-8,10-12H,5-6H2,1-3H3,(H,24,25). The van der Waals surface area contributed by atoms with Gasteiger partial charge in [-0.15, -0.1) is 0 Å². The van der Waals surface area contributed by atoms with Gasteiger partial charge in [-0.05, 0) is 45.7 Å². The first-order chi connectivity index (χ1) is 11.7. The molecule has 2 atom stereocenters. The highest BCUT2D eigenvalue weighted by molar-refractivity contribution is 6.23. The van der Waals surface area contributed by atoms with Crippen molar-refractivity contribution >= 4 is 23.7 Å². The number of aliphatic carboxylic acids is 1. The third kappa shape index (κ3) is 2.79. The fourth-order valence-electron chi connectivity index (χ4n) is 3.21. The minimum atomic E-state index is -1.11. The van der Waals surface area contributed by atoms with Crippen molar-refractivity contribution in [1.82, 2.24) is 9.80 Å². The van der Waals surface area contributed by atoms with Crippen molar-refractivity contribution in [2.75, 3.05) is 0 Å². The van der Waals surface area contributed by atoms with Crippen LogP contribution in [0, 0.1) is 6.92 Å². The van der Waals surface area contributed by atoms with Crippen LogP contribution in [-0.2, 0) is 9.59 Å². The third-order valence-electron chi connectivity index (χ3n) is 4.79. The van der Waals surface area contributed by atoms with Crippen LogP contribution in [0.2, 0.25) is 0 Å². The van der Waals surface area contributed by atoms with E-state index in [0.29, 0.717) is 0 Å². The average Bonchev–Trinajstić information content (AvgIpc) is 3.35. The van der Waals surface area contributed by atoms with Crippen LogP contribution in [0.25, 0.3) is 0 Å². The monoisotopic (exact) mass is 344 g/mol. The number of fused-ring (bicyclic) bond motifs is 1. The van der Waals surface area contributed by atoms with Crippen molar-refractivity contribution in [3.63, 3.8) is 0 Å². The Bertz CT molecular complexity index is 784. The van der Waals surface area contributed by atoms with E-state index in [2.05, 4.69) is 0 Å². The van der Waals surface area contributed by atoms with E-state index in [1.807, 2.05) is 6.92 Å². The molecule has 2 aliphatic rings. The lowest BCUT2D eigenvalue weighted by Gasteiger charge is -2.32. The normalized spacial score (nSPS) is 18.8. The molecule has 1 aromatic carbocycles. The molecule has 0 aromatic heterocycles. The quantitative estimate of drug-likeness (QED) is 0.816. The van der Waals surface area contributed by atoms with E-state index in [1.165, 1.54) is 18.7 Å². The number of amides is 3. The number of imide groups is 1. The lowest BCUT2D eigenvalue weighted by atomic mass is 10.1. The molecule has 2 unspecified atom stereocenters. The van der Waals surface area contributed by atoms with Gasteiger partial charge in [-0.3, -0.25) is 19.3 Å². The molecule has 0 spiro atoms. The van der Waals surface area contributed by atoms with Gasteiger partial charge in [0.15, 0.2) is 0 Å². The summed E-state index contributed by atoms with van der Waals surface area (Å²) in [7, 11) is 0. The zero-order chi connectivity index (χ0) is 18.5. The zero-order valence-corrected chi connectivity index (χ0v) is 14.4. The number of carboxylic acids is 1. The van der Waals surface area contributed by atoms with Gasteiger partial charge in [0.2, 0.25) is 5.91 Å². The van der Waals surface area contributed by atoms with Crippen LogP contribution < -0.4 is 0 Å². The summed E-state index contributed by atoms with van der Waals surface area (Å²) in [6, 6.07) is 2.77. The van der Waals surface area contributed by atoms with Gasteiger partial charge in [-0.2, -0.15) is 0 Å². The topological polar surface area (TPSA) is 95.0 Å². The fourth-order valence-corrected chi connectivity index (χ4v) is 3.21. The number of nitrogens with zero attached hydrogens (tertiary/aromatic N) is 2. The first-order valence-electron chi connectivity index (χ1n) is 8.27. The van der Waals surface area contributed by atoms with Gasteiger partial charge in [0.1, 0.15) is 12.1 Å². The molecule has 1 aliphatic heterocycles. The van der Waals surface area contributed by atoms with Crippen molar-refractivity contribution in [2.45, 2.75) is 51.7 Å². The Morgan fingerprint density at radius 1 is 1.16 bits per heavy atom. The van der Waals surface area contributed by atoms with Crippen LogP contribution in [0.4, 0.5) is 0 Å². The number of hydrogen-bond acceptors (Lipinski definition) is 4. The Morgan fingerprint density at radius 2 is 1.76 bits per heavy atom. The molecule has 1 fully saturated rings. The van der Waals surface area contributed by atoms with Gasteiger partial charge in [0.05, 0.1) is 11.1 Å². The third-order valence-corrected chi connectivity index (χ3v) is 4.79. The molecule has 1 saturated carbocycles. The summed E-state index contributed by atoms with van der Waals surface area (Å²) >= 11 is 0. The number of carboxylic acid groups (broad SMARTS) is 1. The Balaban J connectivity index is 1.89. The first-order valence-corrected chi connectivity index (χ1v) is 8.27. The Morgan fingerprint density at radius 3 is 2.32 bits per heavy atom. The molecule has 7 heteroatoms. The SMILES string of the molecule is Cc1ccc2c(c1)C(=O)N(C(C)C(=O)N(C1CC1)C(C)C(=O)O)C2=O. The summed E-state index contributed by atoms with van der Waals surface area (Å²) in [6.07, 6.45) is 1.47. The number of carbonyl (C=O) groups is 4. The maximum atomic E-state index is 12.9. The number of rotatable bonds is 5. The molecule has 0 radical (unpaired) electrons. The van der Waals surface area contributed by atoms with E-state index in [1.54, 1.807) is 18.2 Å². The molecular formula is C18H20N2O5. The largest absolute Gasteiger partial charge is 0.480 e. The Kier molecular flexibility index (Phi) is 4.10. The molecule has 1 aliphatic carbocycles. The predicted octanol–water partition coefficient (Wildman–Crippen LogP) is 1.44. The minimum absolute atomic E-state index is 0.140. The van der Waals surface area contributed by atoms with Crippen molar-refractivity contribution in [3.8, 4) is 0 Å². The van der Waals surface area contributed by atoms with Gasteiger partial charge >= 0.3 is 5.97 Å². The summed E-state index contributed by atoms with van der Waals surface area (Å²) in [6.45, 7) is 4.73. The van der Waals surface area contributed by atoms with Crippen LogP contribution in [0.15, 0.2) is 18.2 Å². The van der Waals surface area contributed by atoms with E-state index < -0.39 is 35.8 Å². The van der Waals surface area contributed by atoms with Gasteiger partial charge in [0, 0.05) is 6.04 Å². The first kappa shape index (κ1) is 17.1. The van der Waals surface area contributed by atoms with Crippen LogP contribution >= 0.6 is 0 Å². The highest BCUT2D eigenvalue weighted by Crippen LogP contribution is 2.32. The second kappa shape index (κ2) is 5.98. The molecule has 0 bridgehead atoms. The second-order valence-corrected chi connectivity index (χ2v) is 6.70. The molecule has 3 rings (SSSR count). The van der Waals surface area contributed by atoms with Gasteiger partial charge in [-0.1, -0.05) is 11.6 Å². The molecule has 132 valence electrons. The molecule has 1 aromatic rings. The number of benzene rings is 1. The lowest BCUT2D eigenvalue weighted by molar-refractivity contribution is -0.151. The van der Waals surface area contributed by atoms with Crippen LogP contribution in [-0.4, -0.2) is 56.7 Å². The van der Waals surface area contributed by atoms with Gasteiger partial charge in [0.25, 0.3) is 11.8 Å². The molecule has 7 nitrogen and oxygen atoms in total. The molecular weight excluding hydrogens is 324 g/mol. The maximum Gasteiger partial charge on any atom is 0.326 e. The van der Waals surface area contributed by atoms with Gasteiger partial charge in [-0.25, -0.2) is 4.79 Å². The minimum Gasteiger partial charge on any atom is -0.480 e. The summed E-state index contributed by atoms with van der Waals surface area (Å²) < 4.78 is 0. The van der Waals surface area contributed by atoms with E-state index in [-0.39, 0.29) is 17.2 Å². The smallest absolute Gasteiger partial charge is 0.326 e. The highest BCUT2D eigenvalue weighted by Gasteiger charge is 2.46. The van der Waals surface area contributed by atoms with E-state index >= 15 is 0 Å². The summed E-state index contributed by atoms with van der Waals surface area (Å²) in [5.41, 5.74) is 1.41. The number of hydrogen-bond donors (Lipinski definition) is 1. The van der Waals surface area contributed by atoms with Crippen molar-refractivity contribution in [3.05, 3.63) is 34.9 Å². The molecule has 0 saturated heterocycles. The van der Waals surface area contributed by atoms with E-state index in [0.717, 1.165) is 23.3 Å². The van der Waals surface area contributed by atoms with Crippen LogP contribution in [0.1, 0.15) is 53.0 Å². The second-order valence-electron chi connectivity index (χ2n) is 6.70. The Labute approximate surface area is 145 Å². The molecule has 3 amide bonds. The lowest BCUT2D eigenvalue weighted by Crippen LogP contribution is -2.54. The van der Waals surface area contributed by atoms with Crippen molar-refractivity contribution in [1.29, 1.82) is 0 Å². The maximum absolute atomic E-state index is 12.9. The van der Waals surface area contributed by atoms with E-state index in [4.69, 9.17) is 0 Å². The summed E-state index contributed by atoms with van der Waals surface area (Å²) in [5.74, 6) is -2.64. The number of carbonyl (C=O) groups excluding carboxylic acids is 3. The summed E-state index contributed by atoms with van der Waals surface area (Å²) in [4.78, 5) is 51.7. The molecule has 25 heavy (non-hydrogen) atoms.